The Morgan fingerprint density at radius 2 is 1.80 bits per heavy atom. The molecule has 1 aliphatic rings. The number of thiazole rings is 1. The summed E-state index contributed by atoms with van der Waals surface area (Å²) in [6.07, 6.45) is -3.47. The molecule has 15 heteroatoms. The predicted molar refractivity (Wildman–Crippen MR) is 180 cm³/mol. The third kappa shape index (κ3) is 7.31. The molecular formula is C30H18BrCl3F3IN2O4S. The lowest BCUT2D eigenvalue weighted by Crippen LogP contribution is -2.41. The Kier molecular flexibility index (Phi) is 10.4. The molecule has 2 heterocycles. The second-order valence-corrected chi connectivity index (χ2v) is 13.8. The first-order chi connectivity index (χ1) is 21.3. The van der Waals surface area contributed by atoms with Crippen molar-refractivity contribution >= 4 is 96.7 Å². The van der Waals surface area contributed by atoms with E-state index in [1.807, 2.05) is 0 Å². The maximum atomic E-state index is 14.3. The number of rotatable bonds is 7. The second-order valence-electron chi connectivity index (χ2n) is 9.45. The summed E-state index contributed by atoms with van der Waals surface area (Å²) in [5.41, 5.74) is -1.32. The van der Waals surface area contributed by atoms with E-state index in [1.165, 1.54) is 37.3 Å². The molecular weight excluding hydrogens is 855 g/mol. The smallest absolute Gasteiger partial charge is 0.434 e. The predicted octanol–water partition coefficient (Wildman–Crippen LogP) is 8.25. The summed E-state index contributed by atoms with van der Waals surface area (Å²) in [5, 5.41) is 1.28. The van der Waals surface area contributed by atoms with Gasteiger partial charge < -0.3 is 9.47 Å². The number of hydrogen-bond acceptors (Lipinski definition) is 6. The van der Waals surface area contributed by atoms with E-state index >= 15 is 0 Å². The number of esters is 1. The number of allylic oxidation sites excluding steroid dienone is 1. The SMILES string of the molecule is CCOC(=O)C1=C(C(F)(F)F)N=c2s/c(=C\c3cc(Br)c(OCc4ccc(Cl)cc4Cl)c(I)c3)c(=O)n2[C@H]1c1ccc(Cl)cc1. The number of alkyl halides is 3. The monoisotopic (exact) mass is 870 g/mol. The molecule has 5 rings (SSSR count). The molecule has 0 N–H and O–H groups in total. The van der Waals surface area contributed by atoms with Gasteiger partial charge in [0.05, 0.1) is 30.8 Å². The fourth-order valence-corrected chi connectivity index (χ4v) is 7.90. The van der Waals surface area contributed by atoms with Crippen LogP contribution in [0.5, 0.6) is 5.75 Å². The van der Waals surface area contributed by atoms with Gasteiger partial charge in [-0.15, -0.1) is 0 Å². The molecule has 1 aromatic heterocycles. The normalized spacial score (nSPS) is 15.1. The molecule has 0 saturated carbocycles. The van der Waals surface area contributed by atoms with Gasteiger partial charge in [-0.05, 0) is 99.0 Å². The van der Waals surface area contributed by atoms with Crippen molar-refractivity contribution in [3.8, 4) is 5.75 Å². The maximum absolute atomic E-state index is 14.3. The lowest BCUT2D eigenvalue weighted by atomic mass is 9.95. The van der Waals surface area contributed by atoms with Crippen molar-refractivity contribution < 1.29 is 27.4 Å². The van der Waals surface area contributed by atoms with Crippen LogP contribution < -0.4 is 19.6 Å². The van der Waals surface area contributed by atoms with Crippen molar-refractivity contribution in [2.45, 2.75) is 25.7 Å². The summed E-state index contributed by atoms with van der Waals surface area (Å²) >= 11 is 24.6. The van der Waals surface area contributed by atoms with Gasteiger partial charge in [-0.3, -0.25) is 9.36 Å². The van der Waals surface area contributed by atoms with Crippen molar-refractivity contribution in [3.05, 3.63) is 125 Å². The van der Waals surface area contributed by atoms with Gasteiger partial charge in [0.2, 0.25) is 0 Å². The van der Waals surface area contributed by atoms with E-state index < -0.39 is 35.0 Å². The van der Waals surface area contributed by atoms with Crippen LogP contribution in [0.25, 0.3) is 6.08 Å². The Morgan fingerprint density at radius 1 is 1.11 bits per heavy atom. The molecule has 3 aromatic carbocycles. The number of halogens is 8. The van der Waals surface area contributed by atoms with Crippen molar-refractivity contribution in [2.75, 3.05) is 6.61 Å². The molecule has 234 valence electrons. The number of benzene rings is 3. The summed E-state index contributed by atoms with van der Waals surface area (Å²) in [5.74, 6) is -0.700. The van der Waals surface area contributed by atoms with E-state index in [2.05, 4.69) is 43.5 Å². The summed E-state index contributed by atoms with van der Waals surface area (Å²) in [7, 11) is 0. The molecule has 45 heavy (non-hydrogen) atoms. The van der Waals surface area contributed by atoms with Crippen LogP contribution in [0.1, 0.15) is 29.7 Å². The van der Waals surface area contributed by atoms with Crippen LogP contribution in [-0.4, -0.2) is 23.3 Å². The van der Waals surface area contributed by atoms with Crippen LogP contribution >= 0.6 is 84.7 Å². The number of aromatic nitrogens is 1. The van der Waals surface area contributed by atoms with Gasteiger partial charge in [-0.25, -0.2) is 9.79 Å². The van der Waals surface area contributed by atoms with E-state index in [1.54, 1.807) is 30.3 Å². The molecule has 0 spiro atoms. The lowest BCUT2D eigenvalue weighted by Gasteiger charge is -2.26. The third-order valence-corrected chi connectivity index (χ3v) is 9.70. The van der Waals surface area contributed by atoms with Crippen molar-refractivity contribution in [3.63, 3.8) is 0 Å². The Balaban J connectivity index is 1.61. The van der Waals surface area contributed by atoms with Crippen molar-refractivity contribution in [2.24, 2.45) is 4.99 Å². The van der Waals surface area contributed by atoms with Gasteiger partial charge in [-0.1, -0.05) is 64.3 Å². The van der Waals surface area contributed by atoms with Crippen LogP contribution in [-0.2, 0) is 16.1 Å². The Labute approximate surface area is 295 Å². The number of hydrogen-bond donors (Lipinski definition) is 0. The zero-order chi connectivity index (χ0) is 32.6. The van der Waals surface area contributed by atoms with Crippen LogP contribution in [0.3, 0.4) is 0 Å². The zero-order valence-corrected chi connectivity index (χ0v) is 29.6. The van der Waals surface area contributed by atoms with Crippen LogP contribution in [0.15, 0.2) is 80.1 Å². The molecule has 6 nitrogen and oxygen atoms in total. The van der Waals surface area contributed by atoms with Crippen molar-refractivity contribution in [1.29, 1.82) is 0 Å². The minimum absolute atomic E-state index is 0.101. The number of fused-ring (bicyclic) bond motifs is 1. The number of carbonyl (C=O) groups is 1. The highest BCUT2D eigenvalue weighted by molar-refractivity contribution is 14.1. The van der Waals surface area contributed by atoms with Crippen LogP contribution in [0, 0.1) is 3.57 Å². The number of carbonyl (C=O) groups excluding carboxylic acids is 1. The van der Waals surface area contributed by atoms with E-state index in [4.69, 9.17) is 44.3 Å². The average molecular weight is 873 g/mol. The molecule has 0 bridgehead atoms. The first-order valence-electron chi connectivity index (χ1n) is 12.9. The fraction of sp³-hybridized carbons (Fsp3) is 0.167. The van der Waals surface area contributed by atoms with E-state index in [0.29, 0.717) is 34.4 Å². The fourth-order valence-electron chi connectivity index (χ4n) is 4.54. The Bertz CT molecular complexity index is 2010. The van der Waals surface area contributed by atoms with E-state index in [-0.39, 0.29) is 28.1 Å². The third-order valence-electron chi connectivity index (χ3n) is 6.49. The topological polar surface area (TPSA) is 69.9 Å². The van der Waals surface area contributed by atoms with Crippen molar-refractivity contribution in [1.82, 2.24) is 4.57 Å². The van der Waals surface area contributed by atoms with Gasteiger partial charge in [0.15, 0.2) is 10.5 Å². The first-order valence-corrected chi connectivity index (χ1v) is 16.7. The lowest BCUT2D eigenvalue weighted by molar-refractivity contribution is -0.140. The number of nitrogens with zero attached hydrogens (tertiary/aromatic N) is 2. The highest BCUT2D eigenvalue weighted by atomic mass is 127. The van der Waals surface area contributed by atoms with Crippen LogP contribution in [0.4, 0.5) is 13.2 Å². The molecule has 0 radical (unpaired) electrons. The van der Waals surface area contributed by atoms with E-state index in [9.17, 15) is 22.8 Å². The second kappa shape index (κ2) is 13.8. The summed E-state index contributed by atoms with van der Waals surface area (Å²) in [4.78, 5) is 30.4. The summed E-state index contributed by atoms with van der Waals surface area (Å²) in [6, 6.07) is 12.9. The highest BCUT2D eigenvalue weighted by Gasteiger charge is 2.45. The minimum atomic E-state index is -5.00. The zero-order valence-electron chi connectivity index (χ0n) is 22.7. The molecule has 0 saturated heterocycles. The largest absolute Gasteiger partial charge is 0.487 e. The quantitative estimate of drug-likeness (QED) is 0.139. The summed E-state index contributed by atoms with van der Waals surface area (Å²) < 4.78 is 56.4. The summed E-state index contributed by atoms with van der Waals surface area (Å²) in [6.45, 7) is 1.46. The average Bonchev–Trinajstić information content (AvgIpc) is 3.27. The maximum Gasteiger partial charge on any atom is 0.434 e. The van der Waals surface area contributed by atoms with Gasteiger partial charge in [0.1, 0.15) is 12.4 Å². The molecule has 0 fully saturated rings. The molecule has 1 atom stereocenters. The van der Waals surface area contributed by atoms with E-state index in [0.717, 1.165) is 21.5 Å². The number of ether oxygens (including phenoxy) is 2. The molecule has 1 aliphatic heterocycles. The van der Waals surface area contributed by atoms with Gasteiger partial charge in [-0.2, -0.15) is 13.2 Å². The standard InChI is InChI=1S/C30H18BrCl3F3IN2O4S/c1-2-43-28(42)23-24(15-3-6-17(32)7-4-15)40-27(41)22(45-29(40)39-26(23)30(35,36)37)11-14-9-19(31)25(21(38)10-14)44-13-16-5-8-18(33)12-20(16)34/h3-12,24H,2,13H2,1H3/b22-11-/t24-/m0/s1. The molecule has 4 aromatic rings. The van der Waals surface area contributed by atoms with Gasteiger partial charge in [0.25, 0.3) is 5.56 Å². The van der Waals surface area contributed by atoms with Gasteiger partial charge >= 0.3 is 12.1 Å². The molecule has 0 unspecified atom stereocenters. The highest BCUT2D eigenvalue weighted by Crippen LogP contribution is 2.39. The molecule has 0 amide bonds. The Morgan fingerprint density at radius 3 is 2.42 bits per heavy atom. The van der Waals surface area contributed by atoms with Crippen LogP contribution in [0.2, 0.25) is 15.1 Å². The first kappa shape index (κ1) is 34.0. The van der Waals surface area contributed by atoms with Gasteiger partial charge in [0, 0.05) is 20.6 Å². The molecule has 0 aliphatic carbocycles. The Hall–Kier alpha value is -2.36. The minimum Gasteiger partial charge on any atom is -0.487 e.